The van der Waals surface area contributed by atoms with Gasteiger partial charge in [0.2, 0.25) is 0 Å². The monoisotopic (exact) mass is 239 g/mol. The van der Waals surface area contributed by atoms with Crippen molar-refractivity contribution in [3.8, 4) is 0 Å². The predicted octanol–water partition coefficient (Wildman–Crippen LogP) is 1.41. The lowest BCUT2D eigenvalue weighted by Crippen LogP contribution is -2.20. The van der Waals surface area contributed by atoms with E-state index < -0.39 is 0 Å². The van der Waals surface area contributed by atoms with Crippen LogP contribution in [-0.4, -0.2) is 28.9 Å². The molecule has 0 saturated heterocycles. The van der Waals surface area contributed by atoms with Crippen LogP contribution in [0.15, 0.2) is 12.4 Å². The minimum Gasteiger partial charge on any atom is -0.466 e. The van der Waals surface area contributed by atoms with Crippen molar-refractivity contribution >= 4 is 5.97 Å². The van der Waals surface area contributed by atoms with Gasteiger partial charge in [0, 0.05) is 31.3 Å². The van der Waals surface area contributed by atoms with E-state index in [9.17, 15) is 4.79 Å². The Morgan fingerprint density at radius 3 is 3.00 bits per heavy atom. The van der Waals surface area contributed by atoms with Gasteiger partial charge in [-0.05, 0) is 26.8 Å². The second kappa shape index (κ2) is 7.06. The van der Waals surface area contributed by atoms with Crippen molar-refractivity contribution in [2.75, 3.05) is 13.2 Å². The molecule has 1 N–H and O–H groups in total. The lowest BCUT2D eigenvalue weighted by atomic mass is 10.2. The second-order valence-corrected chi connectivity index (χ2v) is 4.03. The van der Waals surface area contributed by atoms with Crippen molar-refractivity contribution in [2.45, 2.75) is 32.7 Å². The highest BCUT2D eigenvalue weighted by Crippen LogP contribution is 2.09. The van der Waals surface area contributed by atoms with Crippen LogP contribution in [-0.2, 0) is 16.6 Å². The first-order valence-electron chi connectivity index (χ1n) is 6.01. The molecule has 1 heterocycles. The van der Waals surface area contributed by atoms with Crippen LogP contribution in [0.5, 0.6) is 0 Å². The van der Waals surface area contributed by atoms with Gasteiger partial charge in [-0.15, -0.1) is 0 Å². The third-order valence-electron chi connectivity index (χ3n) is 2.54. The Labute approximate surface area is 102 Å². The normalized spacial score (nSPS) is 12.4. The van der Waals surface area contributed by atoms with Crippen LogP contribution in [0.25, 0.3) is 0 Å². The van der Waals surface area contributed by atoms with Crippen LogP contribution in [0.1, 0.15) is 38.3 Å². The highest BCUT2D eigenvalue weighted by molar-refractivity contribution is 5.69. The zero-order valence-electron chi connectivity index (χ0n) is 10.8. The van der Waals surface area contributed by atoms with E-state index in [0.29, 0.717) is 13.0 Å². The smallest absolute Gasteiger partial charge is 0.305 e. The SMILES string of the molecule is CCOC(=O)CCCNC(C)c1cnn(C)c1. The molecule has 0 radical (unpaired) electrons. The van der Waals surface area contributed by atoms with E-state index >= 15 is 0 Å². The fourth-order valence-electron chi connectivity index (χ4n) is 1.57. The molecular formula is C12H21N3O2. The van der Waals surface area contributed by atoms with Crippen molar-refractivity contribution in [3.63, 3.8) is 0 Å². The molecule has 5 heteroatoms. The number of aromatic nitrogens is 2. The number of esters is 1. The first-order valence-corrected chi connectivity index (χ1v) is 6.01. The van der Waals surface area contributed by atoms with Crippen molar-refractivity contribution in [1.29, 1.82) is 0 Å². The number of nitrogens with one attached hydrogen (secondary N) is 1. The molecule has 17 heavy (non-hydrogen) atoms. The highest BCUT2D eigenvalue weighted by atomic mass is 16.5. The summed E-state index contributed by atoms with van der Waals surface area (Å²) in [6.45, 7) is 5.16. The minimum atomic E-state index is -0.122. The number of rotatable bonds is 7. The molecule has 1 aromatic heterocycles. The summed E-state index contributed by atoms with van der Waals surface area (Å²) in [5, 5.41) is 7.47. The first-order chi connectivity index (χ1) is 8.13. The summed E-state index contributed by atoms with van der Waals surface area (Å²) >= 11 is 0. The third-order valence-corrected chi connectivity index (χ3v) is 2.54. The topological polar surface area (TPSA) is 56.1 Å². The fourth-order valence-corrected chi connectivity index (χ4v) is 1.57. The summed E-state index contributed by atoms with van der Waals surface area (Å²) in [6, 6.07) is 0.255. The largest absolute Gasteiger partial charge is 0.466 e. The summed E-state index contributed by atoms with van der Waals surface area (Å²) in [6.07, 6.45) is 5.11. The number of hydrogen-bond donors (Lipinski definition) is 1. The summed E-state index contributed by atoms with van der Waals surface area (Å²) in [7, 11) is 1.90. The van der Waals surface area contributed by atoms with Crippen LogP contribution >= 0.6 is 0 Å². The van der Waals surface area contributed by atoms with E-state index in [1.165, 1.54) is 0 Å². The molecule has 0 aliphatic heterocycles. The fraction of sp³-hybridized carbons (Fsp3) is 0.667. The number of carbonyl (C=O) groups is 1. The molecule has 0 aliphatic rings. The van der Waals surface area contributed by atoms with Gasteiger partial charge in [0.15, 0.2) is 0 Å². The molecule has 1 aromatic rings. The molecule has 96 valence electrons. The summed E-state index contributed by atoms with van der Waals surface area (Å²) < 4.78 is 6.64. The quantitative estimate of drug-likeness (QED) is 0.577. The molecule has 0 fully saturated rings. The number of hydrogen-bond acceptors (Lipinski definition) is 4. The van der Waals surface area contributed by atoms with E-state index in [2.05, 4.69) is 17.3 Å². The highest BCUT2D eigenvalue weighted by Gasteiger charge is 2.07. The van der Waals surface area contributed by atoms with Gasteiger partial charge in [-0.3, -0.25) is 9.48 Å². The van der Waals surface area contributed by atoms with Gasteiger partial charge in [0.25, 0.3) is 0 Å². The molecule has 1 rings (SSSR count). The summed E-state index contributed by atoms with van der Waals surface area (Å²) in [4.78, 5) is 11.1. The van der Waals surface area contributed by atoms with Gasteiger partial charge in [0.1, 0.15) is 0 Å². The van der Waals surface area contributed by atoms with Crippen LogP contribution in [0.3, 0.4) is 0 Å². The molecule has 0 aromatic carbocycles. The lowest BCUT2D eigenvalue weighted by Gasteiger charge is -2.11. The van der Waals surface area contributed by atoms with Crippen LogP contribution in [0.2, 0.25) is 0 Å². The van der Waals surface area contributed by atoms with Crippen LogP contribution in [0.4, 0.5) is 0 Å². The Balaban J connectivity index is 2.16. The van der Waals surface area contributed by atoms with Gasteiger partial charge in [-0.25, -0.2) is 0 Å². The van der Waals surface area contributed by atoms with Gasteiger partial charge >= 0.3 is 5.97 Å². The van der Waals surface area contributed by atoms with Crippen LogP contribution in [0, 0.1) is 0 Å². The van der Waals surface area contributed by atoms with E-state index in [4.69, 9.17) is 4.74 Å². The molecule has 0 amide bonds. The maximum absolute atomic E-state index is 11.1. The number of nitrogens with zero attached hydrogens (tertiary/aromatic N) is 2. The minimum absolute atomic E-state index is 0.122. The van der Waals surface area contributed by atoms with E-state index in [0.717, 1.165) is 18.5 Å². The Hall–Kier alpha value is -1.36. The van der Waals surface area contributed by atoms with E-state index in [-0.39, 0.29) is 12.0 Å². The van der Waals surface area contributed by atoms with Crippen LogP contribution < -0.4 is 5.32 Å². The molecule has 1 unspecified atom stereocenters. The average Bonchev–Trinajstić information content (AvgIpc) is 2.71. The van der Waals surface area contributed by atoms with Crippen molar-refractivity contribution in [1.82, 2.24) is 15.1 Å². The van der Waals surface area contributed by atoms with Crippen molar-refractivity contribution in [3.05, 3.63) is 18.0 Å². The van der Waals surface area contributed by atoms with Gasteiger partial charge in [-0.1, -0.05) is 0 Å². The van der Waals surface area contributed by atoms with Gasteiger partial charge in [-0.2, -0.15) is 5.10 Å². The first kappa shape index (κ1) is 13.7. The molecule has 1 atom stereocenters. The van der Waals surface area contributed by atoms with E-state index in [1.54, 1.807) is 4.68 Å². The number of carbonyl (C=O) groups excluding carboxylic acids is 1. The average molecular weight is 239 g/mol. The number of aryl methyl sites for hydroxylation is 1. The zero-order valence-corrected chi connectivity index (χ0v) is 10.8. The standard InChI is InChI=1S/C12H21N3O2/c1-4-17-12(16)6-5-7-13-10(2)11-8-14-15(3)9-11/h8-10,13H,4-7H2,1-3H3. The molecule has 5 nitrogen and oxygen atoms in total. The molecule has 0 saturated carbocycles. The number of ether oxygens (including phenoxy) is 1. The molecule has 0 bridgehead atoms. The summed E-state index contributed by atoms with van der Waals surface area (Å²) in [5.74, 6) is -0.122. The van der Waals surface area contributed by atoms with Crippen molar-refractivity contribution < 1.29 is 9.53 Å². The maximum Gasteiger partial charge on any atom is 0.305 e. The third kappa shape index (κ3) is 4.99. The molecular weight excluding hydrogens is 218 g/mol. The predicted molar refractivity (Wildman–Crippen MR) is 65.5 cm³/mol. The maximum atomic E-state index is 11.1. The van der Waals surface area contributed by atoms with E-state index in [1.807, 2.05) is 26.4 Å². The molecule has 0 aliphatic carbocycles. The zero-order chi connectivity index (χ0) is 12.7. The Bertz CT molecular complexity index is 349. The molecule has 0 spiro atoms. The van der Waals surface area contributed by atoms with Crippen molar-refractivity contribution in [2.24, 2.45) is 7.05 Å². The Morgan fingerprint density at radius 1 is 1.65 bits per heavy atom. The second-order valence-electron chi connectivity index (χ2n) is 4.03. The summed E-state index contributed by atoms with van der Waals surface area (Å²) in [5.41, 5.74) is 1.16. The van der Waals surface area contributed by atoms with Gasteiger partial charge in [0.05, 0.1) is 12.8 Å². The lowest BCUT2D eigenvalue weighted by molar-refractivity contribution is -0.143. The Kier molecular flexibility index (Phi) is 5.69. The Morgan fingerprint density at radius 2 is 2.41 bits per heavy atom. The van der Waals surface area contributed by atoms with Gasteiger partial charge < -0.3 is 10.1 Å².